The van der Waals surface area contributed by atoms with Gasteiger partial charge in [0.05, 0.1) is 12.6 Å². The molecule has 0 radical (unpaired) electrons. The molecule has 0 spiro atoms. The maximum absolute atomic E-state index is 5.43. The number of nitrogens with one attached hydrogen (secondary N) is 1. The van der Waals surface area contributed by atoms with Gasteiger partial charge in [0.15, 0.2) is 0 Å². The van der Waals surface area contributed by atoms with Gasteiger partial charge in [0.25, 0.3) is 0 Å². The number of hydrogen-bond donors (Lipinski definition) is 1. The monoisotopic (exact) mass is 220 g/mol. The number of ether oxygens (including phenoxy) is 1. The molecule has 0 amide bonds. The van der Waals surface area contributed by atoms with Crippen molar-refractivity contribution < 1.29 is 4.74 Å². The lowest BCUT2D eigenvalue weighted by atomic mass is 9.87. The number of pyridine rings is 1. The van der Waals surface area contributed by atoms with Crippen molar-refractivity contribution in [3.05, 3.63) is 24.0 Å². The number of aromatic nitrogens is 1. The molecule has 1 N–H and O–H groups in total. The molecular formula is C13H20N2O. The van der Waals surface area contributed by atoms with E-state index in [1.165, 1.54) is 6.42 Å². The van der Waals surface area contributed by atoms with E-state index in [4.69, 9.17) is 4.74 Å². The Morgan fingerprint density at radius 1 is 1.56 bits per heavy atom. The minimum Gasteiger partial charge on any atom is -0.495 e. The van der Waals surface area contributed by atoms with Gasteiger partial charge in [-0.15, -0.1) is 0 Å². The zero-order chi connectivity index (χ0) is 11.4. The Morgan fingerprint density at radius 2 is 2.44 bits per heavy atom. The Kier molecular flexibility index (Phi) is 3.44. The average molecular weight is 220 g/mol. The summed E-state index contributed by atoms with van der Waals surface area (Å²) in [6.07, 6.45) is 6.52. The zero-order valence-electron chi connectivity index (χ0n) is 10.1. The maximum Gasteiger partial charge on any atom is 0.142 e. The van der Waals surface area contributed by atoms with Gasteiger partial charge in [0, 0.05) is 6.20 Å². The summed E-state index contributed by atoms with van der Waals surface area (Å²) in [5.74, 6) is 0.908. The molecule has 2 rings (SSSR count). The van der Waals surface area contributed by atoms with Crippen LogP contribution in [-0.2, 0) is 5.54 Å². The van der Waals surface area contributed by atoms with Crippen LogP contribution in [0.1, 0.15) is 38.3 Å². The van der Waals surface area contributed by atoms with Crippen LogP contribution in [0.25, 0.3) is 0 Å². The first kappa shape index (κ1) is 11.4. The molecule has 88 valence electrons. The van der Waals surface area contributed by atoms with Gasteiger partial charge in [-0.25, -0.2) is 0 Å². The van der Waals surface area contributed by atoms with E-state index in [2.05, 4.69) is 17.2 Å². The van der Waals surface area contributed by atoms with E-state index in [1.807, 2.05) is 18.3 Å². The summed E-state index contributed by atoms with van der Waals surface area (Å²) in [6.45, 7) is 3.30. The van der Waals surface area contributed by atoms with Gasteiger partial charge in [0.1, 0.15) is 11.4 Å². The summed E-state index contributed by atoms with van der Waals surface area (Å²) in [7, 11) is 1.72. The van der Waals surface area contributed by atoms with Crippen molar-refractivity contribution in [2.75, 3.05) is 13.7 Å². The van der Waals surface area contributed by atoms with E-state index in [9.17, 15) is 0 Å². The van der Waals surface area contributed by atoms with Crippen LogP contribution in [0.5, 0.6) is 5.75 Å². The van der Waals surface area contributed by atoms with E-state index < -0.39 is 0 Å². The van der Waals surface area contributed by atoms with Crippen LogP contribution in [0.2, 0.25) is 0 Å². The van der Waals surface area contributed by atoms with Crippen LogP contribution in [-0.4, -0.2) is 18.6 Å². The van der Waals surface area contributed by atoms with Crippen LogP contribution < -0.4 is 10.1 Å². The maximum atomic E-state index is 5.43. The molecule has 0 bridgehead atoms. The first-order valence-electron chi connectivity index (χ1n) is 6.07. The molecule has 1 aromatic heterocycles. The predicted molar refractivity (Wildman–Crippen MR) is 64.6 cm³/mol. The zero-order valence-corrected chi connectivity index (χ0v) is 10.1. The van der Waals surface area contributed by atoms with E-state index >= 15 is 0 Å². The Hall–Kier alpha value is -1.09. The summed E-state index contributed by atoms with van der Waals surface area (Å²) in [6, 6.07) is 3.93. The molecule has 3 heteroatoms. The largest absolute Gasteiger partial charge is 0.495 e. The normalized spacial score (nSPS) is 24.6. The van der Waals surface area contributed by atoms with Gasteiger partial charge >= 0.3 is 0 Å². The number of nitrogens with zero attached hydrogens (tertiary/aromatic N) is 1. The molecule has 1 aliphatic heterocycles. The number of rotatable bonds is 4. The van der Waals surface area contributed by atoms with Crippen molar-refractivity contribution in [1.82, 2.24) is 10.3 Å². The first-order valence-corrected chi connectivity index (χ1v) is 6.07. The molecule has 1 fully saturated rings. The molecule has 1 aromatic rings. The second-order valence-corrected chi connectivity index (χ2v) is 4.42. The number of methoxy groups -OCH3 is 1. The summed E-state index contributed by atoms with van der Waals surface area (Å²) in [5, 5.41) is 3.62. The molecule has 0 saturated carbocycles. The second kappa shape index (κ2) is 4.83. The SMILES string of the molecule is CCCC1(c2ncccc2OC)CCCN1. The highest BCUT2D eigenvalue weighted by Gasteiger charge is 2.37. The predicted octanol–water partition coefficient (Wildman–Crippen LogP) is 2.47. The van der Waals surface area contributed by atoms with Crippen LogP contribution in [0.15, 0.2) is 18.3 Å². The molecule has 1 unspecified atom stereocenters. The lowest BCUT2D eigenvalue weighted by molar-refractivity contribution is 0.318. The van der Waals surface area contributed by atoms with Gasteiger partial charge in [-0.3, -0.25) is 4.98 Å². The minimum atomic E-state index is 0.0430. The van der Waals surface area contributed by atoms with Gasteiger partial charge in [-0.1, -0.05) is 13.3 Å². The summed E-state index contributed by atoms with van der Waals surface area (Å²) in [4.78, 5) is 4.53. The number of hydrogen-bond acceptors (Lipinski definition) is 3. The Labute approximate surface area is 97.2 Å². The highest BCUT2D eigenvalue weighted by atomic mass is 16.5. The smallest absolute Gasteiger partial charge is 0.142 e. The van der Waals surface area contributed by atoms with Crippen molar-refractivity contribution in [3.63, 3.8) is 0 Å². The van der Waals surface area contributed by atoms with Crippen molar-refractivity contribution in [3.8, 4) is 5.75 Å². The van der Waals surface area contributed by atoms with E-state index in [0.29, 0.717) is 0 Å². The van der Waals surface area contributed by atoms with Crippen LogP contribution in [0.4, 0.5) is 0 Å². The fourth-order valence-corrected chi connectivity index (χ4v) is 2.68. The fourth-order valence-electron chi connectivity index (χ4n) is 2.68. The highest BCUT2D eigenvalue weighted by molar-refractivity contribution is 5.34. The van der Waals surface area contributed by atoms with Crippen molar-refractivity contribution >= 4 is 0 Å². The minimum absolute atomic E-state index is 0.0430. The lowest BCUT2D eigenvalue weighted by Gasteiger charge is -2.29. The molecule has 1 saturated heterocycles. The van der Waals surface area contributed by atoms with E-state index in [0.717, 1.165) is 37.3 Å². The summed E-state index contributed by atoms with van der Waals surface area (Å²) in [5.41, 5.74) is 1.12. The fraction of sp³-hybridized carbons (Fsp3) is 0.615. The van der Waals surface area contributed by atoms with Crippen molar-refractivity contribution in [2.24, 2.45) is 0 Å². The molecule has 3 nitrogen and oxygen atoms in total. The topological polar surface area (TPSA) is 34.1 Å². The average Bonchev–Trinajstić information content (AvgIpc) is 2.79. The molecule has 16 heavy (non-hydrogen) atoms. The quantitative estimate of drug-likeness (QED) is 0.846. The summed E-state index contributed by atoms with van der Waals surface area (Å²) >= 11 is 0. The third-order valence-corrected chi connectivity index (χ3v) is 3.36. The van der Waals surface area contributed by atoms with E-state index in [-0.39, 0.29) is 5.54 Å². The molecular weight excluding hydrogens is 200 g/mol. The molecule has 0 aliphatic carbocycles. The molecule has 1 atom stereocenters. The van der Waals surface area contributed by atoms with Crippen LogP contribution in [0.3, 0.4) is 0 Å². The van der Waals surface area contributed by atoms with Gasteiger partial charge < -0.3 is 10.1 Å². The van der Waals surface area contributed by atoms with E-state index in [1.54, 1.807) is 7.11 Å². The highest BCUT2D eigenvalue weighted by Crippen LogP contribution is 2.38. The second-order valence-electron chi connectivity index (χ2n) is 4.42. The first-order chi connectivity index (χ1) is 7.82. The third-order valence-electron chi connectivity index (χ3n) is 3.36. The molecule has 1 aliphatic rings. The standard InChI is InChI=1S/C13H20N2O/c1-3-7-13(8-5-10-15-13)12-11(16-2)6-4-9-14-12/h4,6,9,15H,3,5,7-8,10H2,1-2H3. The Balaban J connectivity index is 2.38. The van der Waals surface area contributed by atoms with Crippen molar-refractivity contribution in [1.29, 1.82) is 0 Å². The van der Waals surface area contributed by atoms with Crippen LogP contribution >= 0.6 is 0 Å². The third kappa shape index (κ3) is 1.92. The Morgan fingerprint density at radius 3 is 3.06 bits per heavy atom. The summed E-state index contributed by atoms with van der Waals surface area (Å²) < 4.78 is 5.43. The Bertz CT molecular complexity index is 346. The van der Waals surface area contributed by atoms with Gasteiger partial charge in [0.2, 0.25) is 0 Å². The molecule has 0 aromatic carbocycles. The van der Waals surface area contributed by atoms with Crippen LogP contribution in [0, 0.1) is 0 Å². The van der Waals surface area contributed by atoms with Gasteiger partial charge in [-0.2, -0.15) is 0 Å². The lowest BCUT2D eigenvalue weighted by Crippen LogP contribution is -2.37. The van der Waals surface area contributed by atoms with Crippen molar-refractivity contribution in [2.45, 2.75) is 38.1 Å². The molecule has 2 heterocycles. The van der Waals surface area contributed by atoms with Gasteiger partial charge in [-0.05, 0) is 37.9 Å².